The third-order valence-electron chi connectivity index (χ3n) is 9.47. The van der Waals surface area contributed by atoms with Crippen molar-refractivity contribution in [1.29, 1.82) is 0 Å². The van der Waals surface area contributed by atoms with Gasteiger partial charge in [-0.15, -0.1) is 0 Å². The molecule has 50 heavy (non-hydrogen) atoms. The molecule has 0 amide bonds. The molecule has 0 fully saturated rings. The topological polar surface area (TPSA) is 56.7 Å². The maximum atomic E-state index is 6.97. The maximum absolute atomic E-state index is 6.97. The first-order valence-corrected chi connectivity index (χ1v) is 16.7. The Morgan fingerprint density at radius 3 is 1.50 bits per heavy atom. The van der Waals surface area contributed by atoms with Crippen molar-refractivity contribution in [3.8, 4) is 51.0 Å². The van der Waals surface area contributed by atoms with Crippen LogP contribution in [0.1, 0.15) is 0 Å². The molecule has 5 nitrogen and oxygen atoms in total. The quantitative estimate of drug-likeness (QED) is 0.188. The van der Waals surface area contributed by atoms with E-state index in [-0.39, 0.29) is 0 Å². The summed E-state index contributed by atoms with van der Waals surface area (Å²) < 4.78 is 9.29. The summed E-state index contributed by atoms with van der Waals surface area (Å²) in [6, 6.07) is 58.4. The van der Waals surface area contributed by atoms with Gasteiger partial charge in [-0.25, -0.2) is 15.0 Å². The molecule has 0 saturated carbocycles. The zero-order valence-corrected chi connectivity index (χ0v) is 26.9. The molecule has 234 valence electrons. The molecule has 7 aromatic carbocycles. The molecule has 5 heteroatoms. The van der Waals surface area contributed by atoms with Crippen LogP contribution in [-0.2, 0) is 0 Å². The lowest BCUT2D eigenvalue weighted by molar-refractivity contribution is 0.666. The first kappa shape index (κ1) is 28.2. The monoisotopic (exact) mass is 640 g/mol. The summed E-state index contributed by atoms with van der Waals surface area (Å²) in [5.74, 6) is 1.83. The summed E-state index contributed by atoms with van der Waals surface area (Å²) in [7, 11) is 0. The van der Waals surface area contributed by atoms with Crippen LogP contribution in [0.5, 0.6) is 0 Å². The largest absolute Gasteiger partial charge is 0.454 e. The number of aromatic nitrogens is 4. The number of hydrogen-bond acceptors (Lipinski definition) is 4. The number of fused-ring (bicyclic) bond motifs is 6. The Labute approximate surface area is 287 Å². The molecular formula is C45H28N4O. The van der Waals surface area contributed by atoms with Gasteiger partial charge in [-0.3, -0.25) is 0 Å². The highest BCUT2D eigenvalue weighted by atomic mass is 16.3. The summed E-state index contributed by atoms with van der Waals surface area (Å²) in [5, 5.41) is 4.39. The van der Waals surface area contributed by atoms with Gasteiger partial charge in [0.05, 0.1) is 16.7 Å². The Hall–Kier alpha value is -6.85. The second-order valence-electron chi connectivity index (χ2n) is 12.4. The van der Waals surface area contributed by atoms with Gasteiger partial charge in [-0.2, -0.15) is 0 Å². The fourth-order valence-electron chi connectivity index (χ4n) is 7.24. The number of rotatable bonds is 5. The molecule has 3 heterocycles. The smallest absolute Gasteiger partial charge is 0.164 e. The van der Waals surface area contributed by atoms with E-state index in [0.717, 1.165) is 66.5 Å². The van der Waals surface area contributed by atoms with Crippen molar-refractivity contribution in [3.05, 3.63) is 170 Å². The van der Waals surface area contributed by atoms with Crippen LogP contribution in [0.3, 0.4) is 0 Å². The number of benzene rings is 7. The van der Waals surface area contributed by atoms with Crippen LogP contribution in [0.2, 0.25) is 0 Å². The molecule has 0 aliphatic heterocycles. The van der Waals surface area contributed by atoms with Crippen molar-refractivity contribution in [2.45, 2.75) is 0 Å². The van der Waals surface area contributed by atoms with Crippen LogP contribution in [0.25, 0.3) is 94.7 Å². The van der Waals surface area contributed by atoms with E-state index >= 15 is 0 Å². The molecule has 3 aromatic heterocycles. The molecule has 10 rings (SSSR count). The minimum absolute atomic E-state index is 0.590. The maximum Gasteiger partial charge on any atom is 0.164 e. The predicted octanol–water partition coefficient (Wildman–Crippen LogP) is 11.5. The van der Waals surface area contributed by atoms with E-state index in [0.29, 0.717) is 17.5 Å². The van der Waals surface area contributed by atoms with Crippen LogP contribution < -0.4 is 0 Å². The van der Waals surface area contributed by atoms with Crippen LogP contribution in [0.4, 0.5) is 0 Å². The SMILES string of the molecule is c1ccc(-c2nc(-c3ccccc3)nc(-c3cccc4oc5c(-n6c7ccccc7c7ccccc76)ccc(-c6ccccc6)c5c34)n2)cc1. The number of nitrogens with zero attached hydrogens (tertiary/aromatic N) is 4. The standard InChI is InChI=1S/C45H28N4O/c1-4-15-29(16-5-1)32-27-28-38(49-36-24-12-10-21-33(36)34-22-11-13-25-37(34)49)42-41(32)40-35(23-14-26-39(40)50-42)45-47-43(30-17-6-2-7-18-30)46-44(48-45)31-19-8-3-9-20-31/h1-28H. The summed E-state index contributed by atoms with van der Waals surface area (Å²) in [4.78, 5) is 15.2. The average molecular weight is 641 g/mol. The van der Waals surface area contributed by atoms with Gasteiger partial charge in [-0.05, 0) is 35.4 Å². The van der Waals surface area contributed by atoms with Crippen molar-refractivity contribution >= 4 is 43.7 Å². The Bertz CT molecular complexity index is 2750. The first-order valence-electron chi connectivity index (χ1n) is 16.7. The van der Waals surface area contributed by atoms with Gasteiger partial charge < -0.3 is 8.98 Å². The number of hydrogen-bond donors (Lipinski definition) is 0. The van der Waals surface area contributed by atoms with Crippen LogP contribution in [-0.4, -0.2) is 19.5 Å². The molecule has 0 radical (unpaired) electrons. The van der Waals surface area contributed by atoms with Gasteiger partial charge in [-0.1, -0.05) is 146 Å². The molecule has 0 spiro atoms. The minimum atomic E-state index is 0.590. The van der Waals surface area contributed by atoms with E-state index in [4.69, 9.17) is 19.4 Å². The highest BCUT2D eigenvalue weighted by Gasteiger charge is 2.24. The van der Waals surface area contributed by atoms with Gasteiger partial charge in [0.2, 0.25) is 0 Å². The van der Waals surface area contributed by atoms with Crippen molar-refractivity contribution in [2.24, 2.45) is 0 Å². The van der Waals surface area contributed by atoms with E-state index in [1.165, 1.54) is 10.8 Å². The van der Waals surface area contributed by atoms with Gasteiger partial charge >= 0.3 is 0 Å². The lowest BCUT2D eigenvalue weighted by Crippen LogP contribution is -2.00. The number of para-hydroxylation sites is 2. The van der Waals surface area contributed by atoms with E-state index in [1.807, 2.05) is 78.9 Å². The van der Waals surface area contributed by atoms with Crippen molar-refractivity contribution in [1.82, 2.24) is 19.5 Å². The van der Waals surface area contributed by atoms with E-state index in [9.17, 15) is 0 Å². The van der Waals surface area contributed by atoms with E-state index in [2.05, 4.69) is 95.6 Å². The Morgan fingerprint density at radius 2 is 0.900 bits per heavy atom. The zero-order chi connectivity index (χ0) is 33.0. The first-order chi connectivity index (χ1) is 24.8. The second-order valence-corrected chi connectivity index (χ2v) is 12.4. The van der Waals surface area contributed by atoms with Crippen LogP contribution in [0.15, 0.2) is 174 Å². The van der Waals surface area contributed by atoms with Crippen molar-refractivity contribution in [3.63, 3.8) is 0 Å². The second kappa shape index (κ2) is 11.4. The molecule has 0 atom stereocenters. The van der Waals surface area contributed by atoms with Gasteiger partial charge in [0.15, 0.2) is 23.1 Å². The van der Waals surface area contributed by atoms with Gasteiger partial charge in [0.25, 0.3) is 0 Å². The zero-order valence-electron chi connectivity index (χ0n) is 26.9. The third kappa shape index (κ3) is 4.45. The molecule has 0 aliphatic carbocycles. The Balaban J connectivity index is 1.32. The van der Waals surface area contributed by atoms with Crippen LogP contribution in [0, 0.1) is 0 Å². The molecule has 0 N–H and O–H groups in total. The predicted molar refractivity (Wildman–Crippen MR) is 203 cm³/mol. The molecule has 0 saturated heterocycles. The van der Waals surface area contributed by atoms with Crippen LogP contribution >= 0.6 is 0 Å². The third-order valence-corrected chi connectivity index (χ3v) is 9.47. The summed E-state index contributed by atoms with van der Waals surface area (Å²) >= 11 is 0. The van der Waals surface area contributed by atoms with Crippen molar-refractivity contribution < 1.29 is 4.42 Å². The number of furan rings is 1. The highest BCUT2D eigenvalue weighted by Crippen LogP contribution is 2.45. The summed E-state index contributed by atoms with van der Waals surface area (Å²) in [6.07, 6.45) is 0. The minimum Gasteiger partial charge on any atom is -0.454 e. The summed E-state index contributed by atoms with van der Waals surface area (Å²) in [5.41, 5.74) is 9.73. The van der Waals surface area contributed by atoms with Crippen molar-refractivity contribution in [2.75, 3.05) is 0 Å². The van der Waals surface area contributed by atoms with Gasteiger partial charge in [0, 0.05) is 38.2 Å². The summed E-state index contributed by atoms with van der Waals surface area (Å²) in [6.45, 7) is 0. The molecule has 0 unspecified atom stereocenters. The molecular weight excluding hydrogens is 613 g/mol. The molecule has 0 aliphatic rings. The lowest BCUT2D eigenvalue weighted by atomic mass is 9.96. The molecule has 0 bridgehead atoms. The molecule has 10 aromatic rings. The average Bonchev–Trinajstić information content (AvgIpc) is 3.75. The fraction of sp³-hybridized carbons (Fsp3) is 0. The fourth-order valence-corrected chi connectivity index (χ4v) is 7.24. The highest BCUT2D eigenvalue weighted by molar-refractivity contribution is 6.20. The van der Waals surface area contributed by atoms with E-state index in [1.54, 1.807) is 0 Å². The normalized spacial score (nSPS) is 11.6. The Kier molecular flexibility index (Phi) is 6.42. The lowest BCUT2D eigenvalue weighted by Gasteiger charge is -2.12. The van der Waals surface area contributed by atoms with Gasteiger partial charge in [0.1, 0.15) is 5.58 Å². The Morgan fingerprint density at radius 1 is 0.380 bits per heavy atom. The van der Waals surface area contributed by atoms with E-state index < -0.39 is 0 Å².